The molecule has 0 amide bonds. The first-order chi connectivity index (χ1) is 46.7. The van der Waals surface area contributed by atoms with E-state index in [2.05, 4.69) is 52.0 Å². The van der Waals surface area contributed by atoms with E-state index in [1.54, 1.807) is 0 Å². The van der Waals surface area contributed by atoms with Crippen LogP contribution in [0.4, 0.5) is 0 Å². The van der Waals surface area contributed by atoms with Crippen molar-refractivity contribution in [1.82, 2.24) is 0 Å². The summed E-state index contributed by atoms with van der Waals surface area (Å²) < 4.78 is 68.5. The number of hydrogen-bond donors (Lipinski definition) is 3. The van der Waals surface area contributed by atoms with Gasteiger partial charge >= 0.3 is 39.5 Å². The van der Waals surface area contributed by atoms with Crippen LogP contribution in [-0.2, 0) is 65.4 Å². The number of rotatable bonds is 76. The first-order valence-electron chi connectivity index (χ1n) is 39.6. The lowest BCUT2D eigenvalue weighted by atomic mass is 10.0. The van der Waals surface area contributed by atoms with E-state index in [1.165, 1.54) is 199 Å². The predicted octanol–water partition coefficient (Wildman–Crippen LogP) is 22.6. The van der Waals surface area contributed by atoms with Gasteiger partial charge in [0.2, 0.25) is 0 Å². The highest BCUT2D eigenvalue weighted by atomic mass is 31.2. The van der Waals surface area contributed by atoms with E-state index in [0.29, 0.717) is 25.7 Å². The summed E-state index contributed by atoms with van der Waals surface area (Å²) in [5, 5.41) is 10.6. The highest BCUT2D eigenvalue weighted by Crippen LogP contribution is 2.45. The average molecular weight is 1410 g/mol. The molecule has 0 fully saturated rings. The third-order valence-corrected chi connectivity index (χ3v) is 19.4. The second-order valence-corrected chi connectivity index (χ2v) is 30.0. The fourth-order valence-corrected chi connectivity index (χ4v) is 13.0. The van der Waals surface area contributed by atoms with Gasteiger partial charge in [-0.3, -0.25) is 37.3 Å². The van der Waals surface area contributed by atoms with Crippen molar-refractivity contribution in [3.05, 3.63) is 24.3 Å². The van der Waals surface area contributed by atoms with Crippen LogP contribution >= 0.6 is 15.6 Å². The second kappa shape index (κ2) is 71.0. The smallest absolute Gasteiger partial charge is 0.462 e. The molecule has 0 radical (unpaired) electrons. The summed E-state index contributed by atoms with van der Waals surface area (Å²) in [7, 11) is -9.92. The van der Waals surface area contributed by atoms with Gasteiger partial charge in [0.05, 0.1) is 26.4 Å². The Bertz CT molecular complexity index is 1920. The van der Waals surface area contributed by atoms with Gasteiger partial charge in [-0.25, -0.2) is 9.13 Å². The van der Waals surface area contributed by atoms with Crippen molar-refractivity contribution >= 4 is 39.5 Å². The molecule has 0 rings (SSSR count). The number of aliphatic hydroxyl groups excluding tert-OH is 1. The molecule has 0 saturated carbocycles. The van der Waals surface area contributed by atoms with Gasteiger partial charge in [-0.05, 0) is 51.4 Å². The zero-order valence-electron chi connectivity index (χ0n) is 61.8. The van der Waals surface area contributed by atoms with Gasteiger partial charge in [0, 0.05) is 25.7 Å². The molecule has 0 aromatic heterocycles. The van der Waals surface area contributed by atoms with Crippen LogP contribution in [0.2, 0.25) is 0 Å². The van der Waals surface area contributed by atoms with Crippen molar-refractivity contribution in [2.45, 2.75) is 406 Å². The first kappa shape index (κ1) is 93.5. The zero-order valence-corrected chi connectivity index (χ0v) is 63.6. The molecular weight excluding hydrogens is 1260 g/mol. The molecule has 3 N–H and O–H groups in total. The van der Waals surface area contributed by atoms with E-state index < -0.39 is 97.5 Å². The Morgan fingerprint density at radius 1 is 0.292 bits per heavy atom. The summed E-state index contributed by atoms with van der Waals surface area (Å²) in [6.45, 7) is 4.92. The van der Waals surface area contributed by atoms with Crippen LogP contribution in [0.1, 0.15) is 387 Å². The minimum atomic E-state index is -4.96. The van der Waals surface area contributed by atoms with Crippen molar-refractivity contribution in [1.29, 1.82) is 0 Å². The Morgan fingerprint density at radius 3 is 0.760 bits per heavy atom. The van der Waals surface area contributed by atoms with Crippen molar-refractivity contribution in [3.63, 3.8) is 0 Å². The maximum Gasteiger partial charge on any atom is 0.472 e. The van der Waals surface area contributed by atoms with Gasteiger partial charge in [-0.15, -0.1) is 0 Å². The number of ether oxygens (including phenoxy) is 4. The molecule has 566 valence electrons. The SMILES string of the molecule is CCCCCC/C=C\C=C/CCCCCCCC(=O)OC[C@H](COP(=O)(O)OC[C@@H](O)COP(=O)(O)OC[C@@H](COC(=O)CCCCCCCCCCC)OC(=O)CCCCCCCCCCCCCCCC)OC(=O)CCCCCCCCCCCCCCCCCCCC. The van der Waals surface area contributed by atoms with E-state index >= 15 is 0 Å². The van der Waals surface area contributed by atoms with Crippen LogP contribution in [0.25, 0.3) is 0 Å². The predicted molar refractivity (Wildman–Crippen MR) is 391 cm³/mol. The number of esters is 4. The largest absolute Gasteiger partial charge is 0.472 e. The maximum absolute atomic E-state index is 13.1. The van der Waals surface area contributed by atoms with E-state index in [-0.39, 0.29) is 25.7 Å². The molecule has 19 heteroatoms. The lowest BCUT2D eigenvalue weighted by Crippen LogP contribution is -2.30. The quantitative estimate of drug-likeness (QED) is 0.0169. The number of carbonyl (C=O) groups is 4. The molecule has 5 atom stereocenters. The Kier molecular flexibility index (Phi) is 69.1. The summed E-state index contributed by atoms with van der Waals surface area (Å²) >= 11 is 0. The number of unbranched alkanes of at least 4 members (excludes halogenated alkanes) is 47. The summed E-state index contributed by atoms with van der Waals surface area (Å²) in [4.78, 5) is 72.8. The van der Waals surface area contributed by atoms with Gasteiger partial charge in [0.1, 0.15) is 19.3 Å². The molecule has 0 aromatic carbocycles. The highest BCUT2D eigenvalue weighted by Gasteiger charge is 2.30. The number of allylic oxidation sites excluding steroid dienone is 4. The van der Waals surface area contributed by atoms with Crippen LogP contribution in [0.15, 0.2) is 24.3 Å². The topological polar surface area (TPSA) is 237 Å². The van der Waals surface area contributed by atoms with Gasteiger partial charge in [0.25, 0.3) is 0 Å². The molecule has 0 aromatic rings. The van der Waals surface area contributed by atoms with Crippen molar-refractivity contribution in [2.75, 3.05) is 39.6 Å². The van der Waals surface area contributed by atoms with Crippen LogP contribution in [-0.4, -0.2) is 96.7 Å². The van der Waals surface area contributed by atoms with E-state index in [1.807, 2.05) is 0 Å². The number of phosphoric ester groups is 2. The molecule has 0 aliphatic heterocycles. The van der Waals surface area contributed by atoms with Gasteiger partial charge in [-0.1, -0.05) is 335 Å². The second-order valence-electron chi connectivity index (χ2n) is 27.1. The molecule has 2 unspecified atom stereocenters. The summed E-state index contributed by atoms with van der Waals surface area (Å²) in [6, 6.07) is 0. The average Bonchev–Trinajstić information content (AvgIpc) is 1.19. The number of hydrogen-bond acceptors (Lipinski definition) is 15. The summed E-state index contributed by atoms with van der Waals surface area (Å²) in [5.74, 6) is -2.14. The Hall–Kier alpha value is -2.46. The monoisotopic (exact) mass is 1410 g/mol. The Morgan fingerprint density at radius 2 is 0.500 bits per heavy atom. The van der Waals surface area contributed by atoms with Crippen molar-refractivity contribution in [2.24, 2.45) is 0 Å². The molecule has 0 aliphatic rings. The standard InChI is InChI=1S/C77H146O17P2/c1-5-9-13-17-21-25-28-31-34-35-36-38-41-44-48-52-56-60-64-77(82)94-73(68-88-75(80)62-58-54-50-46-42-40-37-32-29-26-22-18-14-10-6-2)70-92-96(85,86)90-66-71(78)65-89-95(83,84)91-69-72(67-87-74(79)61-57-53-49-45-24-20-16-12-8-4)93-76(81)63-59-55-51-47-43-39-33-30-27-23-19-15-11-7-3/h26,29,32,37,71-73,78H,5-25,27-28,30-31,33-36,38-70H2,1-4H3,(H,83,84)(H,85,86)/b29-26-,37-32-/t71-,72+,73+/m0/s1. The molecule has 0 heterocycles. The summed E-state index contributed by atoms with van der Waals surface area (Å²) in [5.41, 5.74) is 0. The van der Waals surface area contributed by atoms with Gasteiger partial charge in [-0.2, -0.15) is 0 Å². The lowest BCUT2D eigenvalue weighted by Gasteiger charge is -2.21. The van der Waals surface area contributed by atoms with Crippen molar-refractivity contribution in [3.8, 4) is 0 Å². The third-order valence-electron chi connectivity index (χ3n) is 17.5. The molecule has 96 heavy (non-hydrogen) atoms. The first-order valence-corrected chi connectivity index (χ1v) is 42.6. The number of phosphoric acid groups is 2. The van der Waals surface area contributed by atoms with E-state index in [0.717, 1.165) is 109 Å². The van der Waals surface area contributed by atoms with Gasteiger partial charge < -0.3 is 33.8 Å². The molecule has 17 nitrogen and oxygen atoms in total. The summed E-state index contributed by atoms with van der Waals surface area (Å²) in [6.07, 6.45) is 64.5. The molecule has 0 bridgehead atoms. The fourth-order valence-electron chi connectivity index (χ4n) is 11.4. The van der Waals surface area contributed by atoms with Crippen molar-refractivity contribution < 1.29 is 80.2 Å². The zero-order chi connectivity index (χ0) is 70.4. The van der Waals surface area contributed by atoms with E-state index in [4.69, 9.17) is 37.0 Å². The number of aliphatic hydroxyl groups is 1. The van der Waals surface area contributed by atoms with Crippen LogP contribution < -0.4 is 0 Å². The van der Waals surface area contributed by atoms with Crippen LogP contribution in [0, 0.1) is 0 Å². The minimum Gasteiger partial charge on any atom is -0.462 e. The normalized spacial score (nSPS) is 14.0. The van der Waals surface area contributed by atoms with E-state index in [9.17, 15) is 43.2 Å². The fraction of sp³-hybridized carbons (Fsp3) is 0.896. The molecule has 0 aliphatic carbocycles. The Labute approximate surface area is 586 Å². The molecule has 0 spiro atoms. The molecular formula is C77H146O17P2. The minimum absolute atomic E-state index is 0.102. The third kappa shape index (κ3) is 70.0. The highest BCUT2D eigenvalue weighted by molar-refractivity contribution is 7.47. The van der Waals surface area contributed by atoms with Crippen LogP contribution in [0.3, 0.4) is 0 Å². The van der Waals surface area contributed by atoms with Gasteiger partial charge in [0.15, 0.2) is 12.2 Å². The maximum atomic E-state index is 13.1. The lowest BCUT2D eigenvalue weighted by molar-refractivity contribution is -0.161. The molecule has 0 saturated heterocycles. The number of carbonyl (C=O) groups excluding carboxylic acids is 4. The Balaban J connectivity index is 5.26. The van der Waals surface area contributed by atoms with Crippen LogP contribution in [0.5, 0.6) is 0 Å².